The molecule has 1 heterocycles. The van der Waals surface area contributed by atoms with Gasteiger partial charge in [-0.05, 0) is 5.69 Å². The molecule has 2 rings (SSSR count). The first-order valence-corrected chi connectivity index (χ1v) is 5.31. The number of aryl methyl sites for hydroxylation is 1. The third kappa shape index (κ3) is 4.52. The molecule has 1 radical (unpaired) electrons. The molecular weight excluding hydrogens is 289 g/mol. The molecule has 0 aliphatic heterocycles. The average Bonchev–Trinajstić information content (AvgIpc) is 2.36. The first-order valence-electron chi connectivity index (χ1n) is 5.31. The minimum atomic E-state index is -0.297. The van der Waals surface area contributed by atoms with Crippen molar-refractivity contribution in [3.8, 4) is 11.1 Å². The van der Waals surface area contributed by atoms with Crippen LogP contribution in [0.1, 0.15) is 19.5 Å². The molecule has 17 heavy (non-hydrogen) atoms. The Kier molecular flexibility index (Phi) is 7.93. The minimum Gasteiger partial charge on any atom is -0.284 e. The number of benzene rings is 1. The SMILES string of the molecule is CC.Cc1n[nH]c(=O)[c-]c1-c1ccccc1.[Y]. The molecule has 87 valence electrons. The van der Waals surface area contributed by atoms with E-state index >= 15 is 0 Å². The Morgan fingerprint density at radius 2 is 1.76 bits per heavy atom. The molecule has 0 fully saturated rings. The predicted molar refractivity (Wildman–Crippen MR) is 65.2 cm³/mol. The van der Waals surface area contributed by atoms with Crippen molar-refractivity contribution < 1.29 is 32.7 Å². The molecule has 3 nitrogen and oxygen atoms in total. The van der Waals surface area contributed by atoms with Gasteiger partial charge in [0.25, 0.3) is 0 Å². The van der Waals surface area contributed by atoms with E-state index in [-0.39, 0.29) is 38.3 Å². The summed E-state index contributed by atoms with van der Waals surface area (Å²) < 4.78 is 0. The van der Waals surface area contributed by atoms with Gasteiger partial charge in [-0.1, -0.05) is 39.0 Å². The fourth-order valence-corrected chi connectivity index (χ4v) is 1.31. The van der Waals surface area contributed by atoms with Crippen LogP contribution in [0.3, 0.4) is 0 Å². The van der Waals surface area contributed by atoms with Gasteiger partial charge in [0.15, 0.2) is 0 Å². The largest absolute Gasteiger partial charge is 0.284 e. The maximum absolute atomic E-state index is 11.0. The molecule has 2 aromatic rings. The molecule has 1 aromatic carbocycles. The molecule has 0 bridgehead atoms. The zero-order chi connectivity index (χ0) is 12.0. The molecule has 0 atom stereocenters. The topological polar surface area (TPSA) is 45.8 Å². The second kappa shape index (κ2) is 8.32. The van der Waals surface area contributed by atoms with Crippen molar-refractivity contribution in [3.05, 3.63) is 52.4 Å². The van der Waals surface area contributed by atoms with Crippen LogP contribution < -0.4 is 5.56 Å². The fourth-order valence-electron chi connectivity index (χ4n) is 1.31. The summed E-state index contributed by atoms with van der Waals surface area (Å²) in [6, 6.07) is 12.4. The first-order chi connectivity index (χ1) is 7.77. The van der Waals surface area contributed by atoms with Crippen LogP contribution >= 0.6 is 0 Å². The Balaban J connectivity index is 0.000000811. The van der Waals surface area contributed by atoms with E-state index in [4.69, 9.17) is 0 Å². The van der Waals surface area contributed by atoms with Gasteiger partial charge in [-0.15, -0.1) is 23.8 Å². The van der Waals surface area contributed by atoms with Crippen LogP contribution in [0.5, 0.6) is 0 Å². The van der Waals surface area contributed by atoms with Crippen molar-refractivity contribution in [2.45, 2.75) is 20.8 Å². The van der Waals surface area contributed by atoms with Crippen molar-refractivity contribution in [1.82, 2.24) is 10.2 Å². The monoisotopic (exact) mass is 304 g/mol. The Morgan fingerprint density at radius 3 is 2.35 bits per heavy atom. The number of rotatable bonds is 1. The summed E-state index contributed by atoms with van der Waals surface area (Å²) in [6.45, 7) is 5.84. The van der Waals surface area contributed by atoms with Gasteiger partial charge in [-0.3, -0.25) is 9.89 Å². The van der Waals surface area contributed by atoms with E-state index in [1.54, 1.807) is 0 Å². The molecule has 1 aromatic heterocycles. The van der Waals surface area contributed by atoms with Crippen molar-refractivity contribution in [2.24, 2.45) is 0 Å². The first kappa shape index (κ1) is 16.2. The molecular formula is C13H15N2OY-. The van der Waals surface area contributed by atoms with Gasteiger partial charge in [0.2, 0.25) is 5.56 Å². The number of aromatic nitrogens is 2. The van der Waals surface area contributed by atoms with Gasteiger partial charge in [-0.25, -0.2) is 5.10 Å². The Hall–Kier alpha value is -0.796. The van der Waals surface area contributed by atoms with Crippen molar-refractivity contribution in [2.75, 3.05) is 0 Å². The molecule has 0 spiro atoms. The van der Waals surface area contributed by atoms with Gasteiger partial charge in [0, 0.05) is 32.7 Å². The van der Waals surface area contributed by atoms with Crippen LogP contribution in [-0.2, 0) is 32.7 Å². The predicted octanol–water partition coefficient (Wildman–Crippen LogP) is 2.57. The molecule has 0 aliphatic carbocycles. The fraction of sp³-hybridized carbons (Fsp3) is 0.231. The zero-order valence-electron chi connectivity index (χ0n) is 10.3. The number of nitrogens with zero attached hydrogens (tertiary/aromatic N) is 1. The van der Waals surface area contributed by atoms with E-state index in [0.29, 0.717) is 0 Å². The van der Waals surface area contributed by atoms with Gasteiger partial charge in [0.1, 0.15) is 0 Å². The summed E-state index contributed by atoms with van der Waals surface area (Å²) in [5.41, 5.74) is 2.20. The maximum atomic E-state index is 11.0. The third-order valence-corrected chi connectivity index (χ3v) is 1.99. The summed E-state index contributed by atoms with van der Waals surface area (Å²) >= 11 is 0. The van der Waals surface area contributed by atoms with Gasteiger partial charge >= 0.3 is 0 Å². The number of aromatic amines is 1. The summed E-state index contributed by atoms with van der Waals surface area (Å²) in [5.74, 6) is 0. The summed E-state index contributed by atoms with van der Waals surface area (Å²) in [7, 11) is 0. The van der Waals surface area contributed by atoms with E-state index < -0.39 is 0 Å². The van der Waals surface area contributed by atoms with Gasteiger partial charge in [-0.2, -0.15) is 5.56 Å². The number of hydrogen-bond donors (Lipinski definition) is 1. The van der Waals surface area contributed by atoms with Crippen LogP contribution in [0.25, 0.3) is 11.1 Å². The Labute approximate surface area is 127 Å². The normalized spacial score (nSPS) is 8.65. The number of hydrogen-bond acceptors (Lipinski definition) is 2. The number of H-pyrrole nitrogens is 1. The molecule has 0 amide bonds. The smallest absolute Gasteiger partial charge is 0.204 e. The van der Waals surface area contributed by atoms with E-state index in [9.17, 15) is 4.79 Å². The molecule has 4 heteroatoms. The third-order valence-electron chi connectivity index (χ3n) is 1.99. The molecule has 0 saturated heterocycles. The van der Waals surface area contributed by atoms with E-state index in [1.807, 2.05) is 51.1 Å². The van der Waals surface area contributed by atoms with E-state index in [1.165, 1.54) is 0 Å². The second-order valence-electron chi connectivity index (χ2n) is 3.00. The van der Waals surface area contributed by atoms with E-state index in [2.05, 4.69) is 16.3 Å². The van der Waals surface area contributed by atoms with Crippen molar-refractivity contribution in [1.29, 1.82) is 0 Å². The van der Waals surface area contributed by atoms with Crippen molar-refractivity contribution >= 4 is 0 Å². The van der Waals surface area contributed by atoms with Crippen LogP contribution in [-0.4, -0.2) is 10.2 Å². The standard InChI is InChI=1S/C11H9N2O.C2H6.Y/c1-8-10(7-11(14)13-12-8)9-5-3-2-4-6-9;1-2;/h2-6H,1H3,(H,13,14);1-2H3;/q-1;;. The van der Waals surface area contributed by atoms with Crippen molar-refractivity contribution in [3.63, 3.8) is 0 Å². The minimum absolute atomic E-state index is 0. The molecule has 1 N–H and O–H groups in total. The molecule has 0 saturated carbocycles. The van der Waals surface area contributed by atoms with Crippen LogP contribution in [0.15, 0.2) is 35.1 Å². The Morgan fingerprint density at radius 1 is 1.18 bits per heavy atom. The molecule has 0 aliphatic rings. The molecule has 0 unspecified atom stereocenters. The van der Waals surface area contributed by atoms with Crippen LogP contribution in [0.2, 0.25) is 0 Å². The Bertz CT molecular complexity index is 494. The van der Waals surface area contributed by atoms with Crippen LogP contribution in [0.4, 0.5) is 0 Å². The quantitative estimate of drug-likeness (QED) is 0.823. The van der Waals surface area contributed by atoms with Gasteiger partial charge < -0.3 is 0 Å². The zero-order valence-corrected chi connectivity index (χ0v) is 13.2. The second-order valence-corrected chi connectivity index (χ2v) is 3.00. The number of nitrogens with one attached hydrogen (secondary N) is 1. The summed E-state index contributed by atoms with van der Waals surface area (Å²) in [6.07, 6.45) is 0. The van der Waals surface area contributed by atoms with Crippen LogP contribution in [0, 0.1) is 13.0 Å². The average molecular weight is 304 g/mol. The maximum Gasteiger partial charge on any atom is 0.204 e. The van der Waals surface area contributed by atoms with Gasteiger partial charge in [0.05, 0.1) is 0 Å². The summed E-state index contributed by atoms with van der Waals surface area (Å²) in [4.78, 5) is 11.0. The van der Waals surface area contributed by atoms with E-state index in [0.717, 1.165) is 16.8 Å². The summed E-state index contributed by atoms with van der Waals surface area (Å²) in [5, 5.41) is 6.23.